The standard InChI is InChI=1S/C15H21NOS/c1-18-14-4-2-3-13(9-14)17-15(11-5-6-11)12-7-8-16-10-12/h2-4,9,11-12,15-16H,5-8,10H2,1H3/t12-,15?/m0/s1. The molecule has 0 amide bonds. The number of thioether (sulfide) groups is 1. The van der Waals surface area contributed by atoms with Crippen LogP contribution >= 0.6 is 11.8 Å². The molecule has 0 aromatic heterocycles. The van der Waals surface area contributed by atoms with E-state index in [2.05, 4.69) is 35.8 Å². The molecule has 1 aromatic carbocycles. The van der Waals surface area contributed by atoms with Gasteiger partial charge in [-0.05, 0) is 56.2 Å². The van der Waals surface area contributed by atoms with Gasteiger partial charge in [-0.2, -0.15) is 0 Å². The second kappa shape index (κ2) is 5.54. The van der Waals surface area contributed by atoms with Crippen LogP contribution in [0.1, 0.15) is 19.3 Å². The Bertz CT molecular complexity index is 399. The first-order chi connectivity index (χ1) is 8.86. The first-order valence-corrected chi connectivity index (χ1v) is 8.11. The van der Waals surface area contributed by atoms with Crippen LogP contribution in [-0.2, 0) is 0 Å². The van der Waals surface area contributed by atoms with E-state index in [1.807, 2.05) is 0 Å². The van der Waals surface area contributed by atoms with Crippen LogP contribution in [0, 0.1) is 11.8 Å². The molecule has 1 unspecified atom stereocenters. The summed E-state index contributed by atoms with van der Waals surface area (Å²) in [4.78, 5) is 1.28. The molecule has 1 heterocycles. The molecule has 1 saturated carbocycles. The zero-order valence-corrected chi connectivity index (χ0v) is 11.7. The minimum absolute atomic E-state index is 0.428. The average Bonchev–Trinajstić information content (AvgIpc) is 3.11. The maximum atomic E-state index is 6.31. The Morgan fingerprint density at radius 2 is 2.17 bits per heavy atom. The zero-order valence-electron chi connectivity index (χ0n) is 10.9. The fourth-order valence-electron chi connectivity index (χ4n) is 2.79. The normalized spacial score (nSPS) is 25.1. The van der Waals surface area contributed by atoms with E-state index in [1.54, 1.807) is 11.8 Å². The Hall–Kier alpha value is -0.670. The molecule has 1 aliphatic carbocycles. The second-order valence-corrected chi connectivity index (χ2v) is 6.23. The predicted molar refractivity (Wildman–Crippen MR) is 76.3 cm³/mol. The number of benzene rings is 1. The molecular formula is C15H21NOS. The molecule has 0 spiro atoms. The van der Waals surface area contributed by atoms with Crippen molar-refractivity contribution in [3.63, 3.8) is 0 Å². The van der Waals surface area contributed by atoms with Gasteiger partial charge in [-0.15, -0.1) is 11.8 Å². The van der Waals surface area contributed by atoms with Crippen LogP contribution in [0.15, 0.2) is 29.2 Å². The molecule has 2 fully saturated rings. The van der Waals surface area contributed by atoms with E-state index in [9.17, 15) is 0 Å². The fraction of sp³-hybridized carbons (Fsp3) is 0.600. The first-order valence-electron chi connectivity index (χ1n) is 6.88. The van der Waals surface area contributed by atoms with Crippen LogP contribution in [-0.4, -0.2) is 25.4 Å². The molecule has 2 atom stereocenters. The van der Waals surface area contributed by atoms with Gasteiger partial charge in [0, 0.05) is 17.4 Å². The summed E-state index contributed by atoms with van der Waals surface area (Å²) in [5, 5.41) is 3.46. The van der Waals surface area contributed by atoms with Gasteiger partial charge in [0.2, 0.25) is 0 Å². The smallest absolute Gasteiger partial charge is 0.120 e. The molecule has 3 rings (SSSR count). The molecule has 1 N–H and O–H groups in total. The maximum Gasteiger partial charge on any atom is 0.120 e. The summed E-state index contributed by atoms with van der Waals surface area (Å²) in [6, 6.07) is 8.50. The van der Waals surface area contributed by atoms with E-state index in [4.69, 9.17) is 4.74 Å². The third kappa shape index (κ3) is 2.83. The van der Waals surface area contributed by atoms with Gasteiger partial charge in [-0.25, -0.2) is 0 Å². The molecule has 3 heteroatoms. The van der Waals surface area contributed by atoms with Gasteiger partial charge in [0.1, 0.15) is 11.9 Å². The van der Waals surface area contributed by atoms with Crippen molar-refractivity contribution in [2.75, 3.05) is 19.3 Å². The topological polar surface area (TPSA) is 21.3 Å². The van der Waals surface area contributed by atoms with Crippen LogP contribution in [0.25, 0.3) is 0 Å². The maximum absolute atomic E-state index is 6.31. The van der Waals surface area contributed by atoms with Crippen molar-refractivity contribution in [1.82, 2.24) is 5.32 Å². The van der Waals surface area contributed by atoms with Gasteiger partial charge < -0.3 is 10.1 Å². The van der Waals surface area contributed by atoms with E-state index in [-0.39, 0.29) is 0 Å². The SMILES string of the molecule is CSc1cccc(OC(C2CC2)[C@H]2CCNC2)c1. The molecule has 1 saturated heterocycles. The van der Waals surface area contributed by atoms with Crippen LogP contribution in [0.4, 0.5) is 0 Å². The van der Waals surface area contributed by atoms with Crippen LogP contribution in [0.5, 0.6) is 5.75 Å². The van der Waals surface area contributed by atoms with Crippen LogP contribution < -0.4 is 10.1 Å². The van der Waals surface area contributed by atoms with Crippen molar-refractivity contribution in [2.45, 2.75) is 30.3 Å². The molecule has 98 valence electrons. The Morgan fingerprint density at radius 1 is 1.28 bits per heavy atom. The molecule has 2 aliphatic rings. The molecule has 18 heavy (non-hydrogen) atoms. The third-order valence-electron chi connectivity index (χ3n) is 3.96. The first kappa shape index (κ1) is 12.4. The molecule has 0 radical (unpaired) electrons. The van der Waals surface area contributed by atoms with E-state index in [0.717, 1.165) is 24.8 Å². The summed E-state index contributed by atoms with van der Waals surface area (Å²) in [6.45, 7) is 2.28. The van der Waals surface area contributed by atoms with Gasteiger partial charge in [0.15, 0.2) is 0 Å². The second-order valence-electron chi connectivity index (χ2n) is 5.35. The molecule has 0 bridgehead atoms. The fourth-order valence-corrected chi connectivity index (χ4v) is 3.24. The van der Waals surface area contributed by atoms with Crippen molar-refractivity contribution in [1.29, 1.82) is 0 Å². The lowest BCUT2D eigenvalue weighted by molar-refractivity contribution is 0.120. The number of ether oxygens (including phenoxy) is 1. The van der Waals surface area contributed by atoms with Crippen molar-refractivity contribution in [3.05, 3.63) is 24.3 Å². The molecule has 1 aliphatic heterocycles. The summed E-state index contributed by atoms with van der Waals surface area (Å²) >= 11 is 1.77. The average molecular weight is 263 g/mol. The van der Waals surface area contributed by atoms with Gasteiger partial charge in [0.05, 0.1) is 0 Å². The lowest BCUT2D eigenvalue weighted by Crippen LogP contribution is -2.30. The lowest BCUT2D eigenvalue weighted by Gasteiger charge is -2.24. The van der Waals surface area contributed by atoms with Crippen molar-refractivity contribution in [2.24, 2.45) is 11.8 Å². The summed E-state index contributed by atoms with van der Waals surface area (Å²) in [5.41, 5.74) is 0. The van der Waals surface area contributed by atoms with Crippen molar-refractivity contribution in [3.8, 4) is 5.75 Å². The van der Waals surface area contributed by atoms with Crippen LogP contribution in [0.2, 0.25) is 0 Å². The minimum Gasteiger partial charge on any atom is -0.490 e. The highest BCUT2D eigenvalue weighted by Gasteiger charge is 2.39. The summed E-state index contributed by atoms with van der Waals surface area (Å²) in [7, 11) is 0. The van der Waals surface area contributed by atoms with E-state index < -0.39 is 0 Å². The number of rotatable bonds is 5. The number of hydrogen-bond donors (Lipinski definition) is 1. The predicted octanol–water partition coefficient (Wildman–Crippen LogP) is 3.18. The van der Waals surface area contributed by atoms with Crippen LogP contribution in [0.3, 0.4) is 0 Å². The highest BCUT2D eigenvalue weighted by Crippen LogP contribution is 2.40. The summed E-state index contributed by atoms with van der Waals surface area (Å²) < 4.78 is 6.31. The number of nitrogens with one attached hydrogen (secondary N) is 1. The minimum atomic E-state index is 0.428. The van der Waals surface area contributed by atoms with Crippen molar-refractivity contribution >= 4 is 11.8 Å². The molecular weight excluding hydrogens is 242 g/mol. The third-order valence-corrected chi connectivity index (χ3v) is 4.69. The van der Waals surface area contributed by atoms with E-state index in [1.165, 1.54) is 24.2 Å². The Balaban J connectivity index is 1.71. The molecule has 2 nitrogen and oxygen atoms in total. The highest BCUT2D eigenvalue weighted by molar-refractivity contribution is 7.98. The highest BCUT2D eigenvalue weighted by atomic mass is 32.2. The van der Waals surface area contributed by atoms with Gasteiger partial charge in [-0.3, -0.25) is 0 Å². The lowest BCUT2D eigenvalue weighted by atomic mass is 9.97. The Morgan fingerprint density at radius 3 is 2.83 bits per heavy atom. The molecule has 1 aromatic rings. The Labute approximate surface area is 113 Å². The van der Waals surface area contributed by atoms with Crippen molar-refractivity contribution < 1.29 is 4.74 Å². The summed E-state index contributed by atoms with van der Waals surface area (Å²) in [5.74, 6) is 2.55. The van der Waals surface area contributed by atoms with Gasteiger partial charge in [-0.1, -0.05) is 6.07 Å². The zero-order chi connectivity index (χ0) is 12.4. The Kier molecular flexibility index (Phi) is 3.80. The number of hydrogen-bond acceptors (Lipinski definition) is 3. The summed E-state index contributed by atoms with van der Waals surface area (Å²) in [6.07, 6.45) is 6.51. The quantitative estimate of drug-likeness (QED) is 0.824. The monoisotopic (exact) mass is 263 g/mol. The van der Waals surface area contributed by atoms with E-state index >= 15 is 0 Å². The van der Waals surface area contributed by atoms with Gasteiger partial charge >= 0.3 is 0 Å². The van der Waals surface area contributed by atoms with Gasteiger partial charge in [0.25, 0.3) is 0 Å². The van der Waals surface area contributed by atoms with E-state index in [0.29, 0.717) is 12.0 Å². The largest absolute Gasteiger partial charge is 0.490 e.